The predicted molar refractivity (Wildman–Crippen MR) is 83.9 cm³/mol. The minimum Gasteiger partial charge on any atom is -0.393 e. The van der Waals surface area contributed by atoms with Gasteiger partial charge in [-0.25, -0.2) is 0 Å². The van der Waals surface area contributed by atoms with Crippen LogP contribution in [0.3, 0.4) is 0 Å². The second-order valence-electron chi connectivity index (χ2n) is 5.39. The number of aryl methyl sites for hydroxylation is 1. The topological polar surface area (TPSA) is 72.4 Å². The van der Waals surface area contributed by atoms with Gasteiger partial charge < -0.3 is 10.6 Å². The van der Waals surface area contributed by atoms with E-state index in [-0.39, 0.29) is 11.4 Å². The lowest BCUT2D eigenvalue weighted by Crippen LogP contribution is -2.33. The molecule has 2 aromatic rings. The summed E-state index contributed by atoms with van der Waals surface area (Å²) in [5.41, 5.74) is 9.34. The highest BCUT2D eigenvalue weighted by Gasteiger charge is 2.25. The fourth-order valence-electron chi connectivity index (χ4n) is 2.94. The van der Waals surface area contributed by atoms with E-state index in [0.29, 0.717) is 6.04 Å². The molecule has 3 rings (SSSR count). The number of benzene rings is 2. The zero-order chi connectivity index (χ0) is 15.0. The first-order valence-electron chi connectivity index (χ1n) is 6.99. The molecular weight excluding hydrogens is 266 g/mol. The molecule has 0 radical (unpaired) electrons. The Morgan fingerprint density at radius 1 is 1.29 bits per heavy atom. The molecule has 2 N–H and O–H groups in total. The van der Waals surface area contributed by atoms with Crippen LogP contribution in [-0.2, 0) is 6.42 Å². The van der Waals surface area contributed by atoms with Gasteiger partial charge in [0.25, 0.3) is 5.69 Å². The van der Waals surface area contributed by atoms with Crippen molar-refractivity contribution < 1.29 is 4.92 Å². The van der Waals surface area contributed by atoms with E-state index in [0.717, 1.165) is 24.2 Å². The lowest BCUT2D eigenvalue weighted by molar-refractivity contribution is -0.383. The molecule has 0 spiro atoms. The van der Waals surface area contributed by atoms with Crippen LogP contribution in [-0.4, -0.2) is 11.0 Å². The number of nitrogens with zero attached hydrogens (tertiary/aromatic N) is 2. The third-order valence-electron chi connectivity index (χ3n) is 4.01. The third-order valence-corrected chi connectivity index (χ3v) is 4.01. The molecule has 1 aliphatic rings. The van der Waals surface area contributed by atoms with Crippen LogP contribution in [0.5, 0.6) is 0 Å². The first-order valence-corrected chi connectivity index (χ1v) is 6.99. The molecule has 0 aromatic heterocycles. The molecule has 1 atom stereocenters. The van der Waals surface area contributed by atoms with E-state index in [4.69, 9.17) is 5.73 Å². The fourth-order valence-corrected chi connectivity index (χ4v) is 2.94. The van der Waals surface area contributed by atoms with Gasteiger partial charge in [-0.1, -0.05) is 18.2 Å². The summed E-state index contributed by atoms with van der Waals surface area (Å²) in [7, 11) is 0. The molecule has 21 heavy (non-hydrogen) atoms. The highest BCUT2D eigenvalue weighted by molar-refractivity contribution is 5.74. The summed E-state index contributed by atoms with van der Waals surface area (Å²) in [4.78, 5) is 12.6. The molecule has 1 unspecified atom stereocenters. The summed E-state index contributed by atoms with van der Waals surface area (Å²) in [6.45, 7) is 2.16. The predicted octanol–water partition coefficient (Wildman–Crippen LogP) is 3.65. The molecule has 2 aromatic carbocycles. The Labute approximate surface area is 123 Å². The van der Waals surface area contributed by atoms with E-state index in [1.807, 2.05) is 12.1 Å². The maximum Gasteiger partial charge on any atom is 0.292 e. The molecule has 0 saturated carbocycles. The number of nitro groups is 1. The van der Waals surface area contributed by atoms with Crippen molar-refractivity contribution in [2.45, 2.75) is 25.8 Å². The molecule has 0 fully saturated rings. The SMILES string of the molecule is CC1CCc2ccccc2N1c1ccc([N+](=O)[O-])c(N)c1. The van der Waals surface area contributed by atoms with Crippen molar-refractivity contribution in [2.75, 3.05) is 10.6 Å². The minimum absolute atomic E-state index is 0.0447. The lowest BCUT2D eigenvalue weighted by Gasteiger charge is -2.37. The highest BCUT2D eigenvalue weighted by atomic mass is 16.6. The van der Waals surface area contributed by atoms with Gasteiger partial charge in [0, 0.05) is 23.5 Å². The monoisotopic (exact) mass is 283 g/mol. The van der Waals surface area contributed by atoms with Crippen LogP contribution >= 0.6 is 0 Å². The summed E-state index contributed by atoms with van der Waals surface area (Å²) in [6, 6.07) is 13.5. The third kappa shape index (κ3) is 2.31. The number of nitro benzene ring substituents is 1. The molecule has 0 saturated heterocycles. The summed E-state index contributed by atoms with van der Waals surface area (Å²) in [6.07, 6.45) is 2.10. The quantitative estimate of drug-likeness (QED) is 0.518. The van der Waals surface area contributed by atoms with E-state index in [2.05, 4.69) is 24.0 Å². The molecule has 5 nitrogen and oxygen atoms in total. The van der Waals surface area contributed by atoms with Gasteiger partial charge in [0.1, 0.15) is 5.69 Å². The van der Waals surface area contributed by atoms with Gasteiger partial charge >= 0.3 is 0 Å². The number of anilines is 3. The van der Waals surface area contributed by atoms with Crippen LogP contribution in [0.25, 0.3) is 0 Å². The Balaban J connectivity index is 2.07. The van der Waals surface area contributed by atoms with Crippen molar-refractivity contribution in [1.82, 2.24) is 0 Å². The summed E-state index contributed by atoms with van der Waals surface area (Å²) in [5, 5.41) is 10.9. The summed E-state index contributed by atoms with van der Waals surface area (Å²) < 4.78 is 0. The largest absolute Gasteiger partial charge is 0.393 e. The first kappa shape index (κ1) is 13.4. The molecule has 108 valence electrons. The molecule has 1 aliphatic heterocycles. The van der Waals surface area contributed by atoms with Crippen molar-refractivity contribution >= 4 is 22.7 Å². The second-order valence-corrected chi connectivity index (χ2v) is 5.39. The van der Waals surface area contributed by atoms with Gasteiger partial charge in [-0.3, -0.25) is 10.1 Å². The highest BCUT2D eigenvalue weighted by Crippen LogP contribution is 2.38. The van der Waals surface area contributed by atoms with Gasteiger partial charge in [-0.15, -0.1) is 0 Å². The number of hydrogen-bond donors (Lipinski definition) is 1. The molecule has 0 bridgehead atoms. The number of hydrogen-bond acceptors (Lipinski definition) is 4. The van der Waals surface area contributed by atoms with Gasteiger partial charge in [0.2, 0.25) is 0 Å². The van der Waals surface area contributed by atoms with Crippen molar-refractivity contribution in [3.8, 4) is 0 Å². The van der Waals surface area contributed by atoms with E-state index in [1.165, 1.54) is 11.6 Å². The maximum absolute atomic E-state index is 10.9. The molecular formula is C16H17N3O2. The lowest BCUT2D eigenvalue weighted by atomic mass is 9.96. The van der Waals surface area contributed by atoms with Crippen LogP contribution in [0, 0.1) is 10.1 Å². The molecule has 0 amide bonds. The van der Waals surface area contributed by atoms with E-state index in [1.54, 1.807) is 12.1 Å². The van der Waals surface area contributed by atoms with Crippen molar-refractivity contribution in [3.05, 3.63) is 58.1 Å². The molecule has 0 aliphatic carbocycles. The Bertz CT molecular complexity index is 700. The van der Waals surface area contributed by atoms with Crippen molar-refractivity contribution in [3.63, 3.8) is 0 Å². The van der Waals surface area contributed by atoms with Gasteiger partial charge in [-0.2, -0.15) is 0 Å². The van der Waals surface area contributed by atoms with Crippen LogP contribution in [0.4, 0.5) is 22.7 Å². The number of rotatable bonds is 2. The summed E-state index contributed by atoms with van der Waals surface area (Å²) >= 11 is 0. The number of para-hydroxylation sites is 1. The Kier molecular flexibility index (Phi) is 3.25. The average molecular weight is 283 g/mol. The number of fused-ring (bicyclic) bond motifs is 1. The summed E-state index contributed by atoms with van der Waals surface area (Å²) in [5.74, 6) is 0. The molecule has 5 heteroatoms. The number of nitrogen functional groups attached to an aromatic ring is 1. The average Bonchev–Trinajstić information content (AvgIpc) is 2.46. The van der Waals surface area contributed by atoms with Crippen LogP contribution in [0.15, 0.2) is 42.5 Å². The first-order chi connectivity index (χ1) is 10.1. The fraction of sp³-hybridized carbons (Fsp3) is 0.250. The van der Waals surface area contributed by atoms with E-state index >= 15 is 0 Å². The van der Waals surface area contributed by atoms with Crippen LogP contribution in [0.1, 0.15) is 18.9 Å². The standard InChI is InChI=1S/C16H17N3O2/c1-11-6-7-12-4-2-3-5-15(12)18(11)13-8-9-16(19(20)21)14(17)10-13/h2-5,8-11H,6-7,17H2,1H3. The van der Waals surface area contributed by atoms with Crippen LogP contribution < -0.4 is 10.6 Å². The minimum atomic E-state index is -0.452. The Hall–Kier alpha value is -2.56. The van der Waals surface area contributed by atoms with Crippen LogP contribution in [0.2, 0.25) is 0 Å². The smallest absolute Gasteiger partial charge is 0.292 e. The Morgan fingerprint density at radius 3 is 2.76 bits per heavy atom. The van der Waals surface area contributed by atoms with Crippen molar-refractivity contribution in [1.29, 1.82) is 0 Å². The zero-order valence-corrected chi connectivity index (χ0v) is 11.8. The van der Waals surface area contributed by atoms with Gasteiger partial charge in [0.05, 0.1) is 4.92 Å². The second kappa shape index (κ2) is 5.09. The maximum atomic E-state index is 10.9. The van der Waals surface area contributed by atoms with Gasteiger partial charge in [0.15, 0.2) is 0 Å². The normalized spacial score (nSPS) is 17.4. The molecule has 1 heterocycles. The number of nitrogens with two attached hydrogens (primary N) is 1. The van der Waals surface area contributed by atoms with E-state index in [9.17, 15) is 10.1 Å². The van der Waals surface area contributed by atoms with E-state index < -0.39 is 4.92 Å². The van der Waals surface area contributed by atoms with Gasteiger partial charge in [-0.05, 0) is 43.5 Å². The Morgan fingerprint density at radius 2 is 2.05 bits per heavy atom. The zero-order valence-electron chi connectivity index (χ0n) is 11.8. The van der Waals surface area contributed by atoms with Crippen molar-refractivity contribution in [2.24, 2.45) is 0 Å².